The molecule has 1 N–H and O–H groups in total. The molecule has 0 spiro atoms. The zero-order chi connectivity index (χ0) is 22.8. The van der Waals surface area contributed by atoms with Gasteiger partial charge in [0.25, 0.3) is 0 Å². The van der Waals surface area contributed by atoms with Gasteiger partial charge in [-0.25, -0.2) is 9.97 Å². The molecular formula is C26H21N5O2. The average molecular weight is 435 g/mol. The van der Waals surface area contributed by atoms with Gasteiger partial charge in [-0.05, 0) is 29.8 Å². The first-order chi connectivity index (χ1) is 16.2. The number of rotatable bonds is 6. The van der Waals surface area contributed by atoms with Crippen molar-refractivity contribution in [2.75, 3.05) is 16.8 Å². The van der Waals surface area contributed by atoms with Crippen molar-refractivity contribution >= 4 is 50.2 Å². The number of aromatic nitrogens is 2. The van der Waals surface area contributed by atoms with Gasteiger partial charge in [0.1, 0.15) is 6.33 Å². The molecule has 1 aromatic heterocycles. The van der Waals surface area contributed by atoms with Crippen LogP contribution in [-0.2, 0) is 0 Å². The van der Waals surface area contributed by atoms with Crippen molar-refractivity contribution < 1.29 is 4.92 Å². The monoisotopic (exact) mass is 435 g/mol. The summed E-state index contributed by atoms with van der Waals surface area (Å²) >= 11 is 0. The summed E-state index contributed by atoms with van der Waals surface area (Å²) in [6.45, 7) is 2.45. The highest BCUT2D eigenvalue weighted by molar-refractivity contribution is 5.98. The summed E-state index contributed by atoms with van der Waals surface area (Å²) in [6.07, 6.45) is 1.36. The number of nitrogens with zero attached hydrogens (tertiary/aromatic N) is 4. The van der Waals surface area contributed by atoms with Crippen LogP contribution in [0.15, 0.2) is 91.3 Å². The Morgan fingerprint density at radius 1 is 0.848 bits per heavy atom. The molecule has 0 atom stereocenters. The summed E-state index contributed by atoms with van der Waals surface area (Å²) in [6, 6.07) is 27.6. The lowest BCUT2D eigenvalue weighted by Crippen LogP contribution is -2.20. The summed E-state index contributed by atoms with van der Waals surface area (Å²) in [5, 5.41) is 19.5. The number of hydrogen-bond acceptors (Lipinski definition) is 6. The van der Waals surface area contributed by atoms with Crippen LogP contribution in [0.3, 0.4) is 0 Å². The molecule has 0 saturated heterocycles. The Bertz CT molecular complexity index is 1470. The van der Waals surface area contributed by atoms with E-state index in [-0.39, 0.29) is 17.3 Å². The maximum atomic E-state index is 12.3. The number of nitrogens with one attached hydrogen (secondary N) is 1. The third kappa shape index (κ3) is 3.70. The van der Waals surface area contributed by atoms with Crippen LogP contribution >= 0.6 is 0 Å². The number of benzene rings is 4. The van der Waals surface area contributed by atoms with Gasteiger partial charge in [-0.15, -0.1) is 0 Å². The van der Waals surface area contributed by atoms with E-state index in [4.69, 9.17) is 0 Å². The van der Waals surface area contributed by atoms with Gasteiger partial charge in [0.2, 0.25) is 11.6 Å². The minimum Gasteiger partial charge on any atom is -0.334 e. The zero-order valence-corrected chi connectivity index (χ0v) is 18.0. The van der Waals surface area contributed by atoms with E-state index in [1.54, 1.807) is 0 Å². The van der Waals surface area contributed by atoms with Gasteiger partial charge >= 0.3 is 5.69 Å². The number of nitro groups is 1. The predicted molar refractivity (Wildman–Crippen MR) is 133 cm³/mol. The fraction of sp³-hybridized carbons (Fsp3) is 0.0769. The van der Waals surface area contributed by atoms with Gasteiger partial charge in [-0.3, -0.25) is 10.1 Å². The second-order valence-corrected chi connectivity index (χ2v) is 7.55. The van der Waals surface area contributed by atoms with E-state index >= 15 is 0 Å². The maximum Gasteiger partial charge on any atom is 0.354 e. The predicted octanol–water partition coefficient (Wildman–Crippen LogP) is 6.59. The highest BCUT2D eigenvalue weighted by Gasteiger charge is 2.28. The lowest BCUT2D eigenvalue weighted by molar-refractivity contribution is -0.383. The van der Waals surface area contributed by atoms with E-state index < -0.39 is 4.92 Å². The Balaban J connectivity index is 1.66. The normalized spacial score (nSPS) is 10.9. The highest BCUT2D eigenvalue weighted by atomic mass is 16.6. The first kappa shape index (κ1) is 20.4. The molecule has 1 heterocycles. The smallest absolute Gasteiger partial charge is 0.334 e. The van der Waals surface area contributed by atoms with Crippen molar-refractivity contribution in [3.8, 4) is 0 Å². The third-order valence-electron chi connectivity index (χ3n) is 5.66. The second-order valence-electron chi connectivity index (χ2n) is 7.55. The minimum atomic E-state index is -0.420. The van der Waals surface area contributed by atoms with Crippen molar-refractivity contribution in [2.24, 2.45) is 0 Å². The Hall–Kier alpha value is -4.52. The first-order valence-electron chi connectivity index (χ1n) is 10.7. The fourth-order valence-electron chi connectivity index (χ4n) is 4.17. The molecule has 5 aromatic rings. The molecule has 5 rings (SSSR count). The summed E-state index contributed by atoms with van der Waals surface area (Å²) < 4.78 is 0. The third-order valence-corrected chi connectivity index (χ3v) is 5.66. The van der Waals surface area contributed by atoms with E-state index in [9.17, 15) is 10.1 Å². The summed E-state index contributed by atoms with van der Waals surface area (Å²) in [7, 11) is 0. The molecule has 4 aromatic carbocycles. The van der Waals surface area contributed by atoms with Crippen LogP contribution < -0.4 is 10.2 Å². The van der Waals surface area contributed by atoms with E-state index in [1.807, 2.05) is 96.8 Å². The largest absolute Gasteiger partial charge is 0.354 e. The molecule has 0 radical (unpaired) electrons. The Morgan fingerprint density at radius 2 is 1.48 bits per heavy atom. The maximum absolute atomic E-state index is 12.3. The summed E-state index contributed by atoms with van der Waals surface area (Å²) in [5.41, 5.74) is 1.43. The van der Waals surface area contributed by atoms with E-state index in [2.05, 4.69) is 15.3 Å². The topological polar surface area (TPSA) is 84.2 Å². The van der Waals surface area contributed by atoms with Crippen LogP contribution in [0, 0.1) is 10.1 Å². The number of anilines is 4. The van der Waals surface area contributed by atoms with Crippen molar-refractivity contribution in [3.63, 3.8) is 0 Å². The van der Waals surface area contributed by atoms with Crippen LogP contribution in [0.1, 0.15) is 6.92 Å². The van der Waals surface area contributed by atoms with Crippen molar-refractivity contribution in [1.82, 2.24) is 9.97 Å². The van der Waals surface area contributed by atoms with Crippen molar-refractivity contribution in [2.45, 2.75) is 6.92 Å². The fourth-order valence-corrected chi connectivity index (χ4v) is 4.17. The molecule has 0 aliphatic heterocycles. The summed E-state index contributed by atoms with van der Waals surface area (Å²) in [5.74, 6) is 0.400. The van der Waals surface area contributed by atoms with E-state index in [1.165, 1.54) is 6.33 Å². The van der Waals surface area contributed by atoms with Gasteiger partial charge in [-0.1, -0.05) is 72.8 Å². The van der Waals surface area contributed by atoms with Crippen molar-refractivity contribution in [3.05, 3.63) is 101 Å². The Morgan fingerprint density at radius 3 is 2.21 bits per heavy atom. The van der Waals surface area contributed by atoms with Crippen LogP contribution in [0.5, 0.6) is 0 Å². The molecule has 162 valence electrons. The van der Waals surface area contributed by atoms with E-state index in [0.717, 1.165) is 32.9 Å². The molecule has 0 fully saturated rings. The van der Waals surface area contributed by atoms with Gasteiger partial charge in [0, 0.05) is 23.0 Å². The molecule has 7 heteroatoms. The summed E-state index contributed by atoms with van der Waals surface area (Å²) in [4.78, 5) is 22.3. The van der Waals surface area contributed by atoms with Gasteiger partial charge < -0.3 is 10.2 Å². The van der Waals surface area contributed by atoms with E-state index in [0.29, 0.717) is 6.54 Å². The highest BCUT2D eigenvalue weighted by Crippen LogP contribution is 2.39. The number of fused-ring (bicyclic) bond motifs is 2. The first-order valence-corrected chi connectivity index (χ1v) is 10.7. The molecule has 0 aliphatic rings. The van der Waals surface area contributed by atoms with Crippen LogP contribution in [-0.4, -0.2) is 21.4 Å². The quantitative estimate of drug-likeness (QED) is 0.239. The second kappa shape index (κ2) is 8.55. The SMILES string of the molecule is CCN(c1ncnc(Nc2cccc3ccccc23)c1[N+](=O)[O-])c1cccc2ccccc12. The molecule has 0 amide bonds. The van der Waals surface area contributed by atoms with Crippen molar-refractivity contribution in [1.29, 1.82) is 0 Å². The van der Waals surface area contributed by atoms with Gasteiger partial charge in [0.15, 0.2) is 0 Å². The Kier molecular flexibility index (Phi) is 5.28. The average Bonchev–Trinajstić information content (AvgIpc) is 2.85. The van der Waals surface area contributed by atoms with Crippen LogP contribution in [0.25, 0.3) is 21.5 Å². The molecule has 7 nitrogen and oxygen atoms in total. The minimum absolute atomic E-state index is 0.153. The number of hydrogen-bond donors (Lipinski definition) is 1. The molecule has 0 bridgehead atoms. The van der Waals surface area contributed by atoms with Crippen LogP contribution in [0.2, 0.25) is 0 Å². The molecule has 33 heavy (non-hydrogen) atoms. The molecule has 0 aliphatic carbocycles. The van der Waals surface area contributed by atoms with Gasteiger partial charge in [-0.2, -0.15) is 0 Å². The molecular weight excluding hydrogens is 414 g/mol. The standard InChI is InChI=1S/C26H21N5O2/c1-2-30(23-16-8-12-19-10-4-6-14-21(19)23)26-24(31(32)33)25(27-17-28-26)29-22-15-7-11-18-9-3-5-13-20(18)22/h3-17H,2H2,1H3,(H,27,28,29). The lowest BCUT2D eigenvalue weighted by atomic mass is 10.1. The molecule has 0 saturated carbocycles. The molecule has 0 unspecified atom stereocenters. The Labute approximate surface area is 190 Å². The van der Waals surface area contributed by atoms with Crippen LogP contribution in [0.4, 0.5) is 28.7 Å². The lowest BCUT2D eigenvalue weighted by Gasteiger charge is -2.24. The zero-order valence-electron chi connectivity index (χ0n) is 18.0. The van der Waals surface area contributed by atoms with Gasteiger partial charge in [0.05, 0.1) is 10.6 Å².